The van der Waals surface area contributed by atoms with Crippen molar-refractivity contribution in [2.75, 3.05) is 0 Å². The van der Waals surface area contributed by atoms with Crippen LogP contribution in [0, 0.1) is 0 Å². The molecule has 0 amide bonds. The average molecular weight is 280 g/mol. The zero-order chi connectivity index (χ0) is 14.7. The SMILES string of the molecule is C/C(C=O)=C1\C=CC(O[Si](C)(C)C(C)(C)C)CCC1. The third-order valence-corrected chi connectivity index (χ3v) is 8.89. The summed E-state index contributed by atoms with van der Waals surface area (Å²) in [6.45, 7) is 13.3. The van der Waals surface area contributed by atoms with E-state index >= 15 is 0 Å². The Kier molecular flexibility index (Phi) is 5.33. The third-order valence-electron chi connectivity index (χ3n) is 4.38. The molecule has 0 radical (unpaired) electrons. The Labute approximate surface area is 119 Å². The van der Waals surface area contributed by atoms with E-state index in [0.717, 1.165) is 36.7 Å². The van der Waals surface area contributed by atoms with Gasteiger partial charge in [-0.3, -0.25) is 4.79 Å². The minimum Gasteiger partial charge on any atom is -0.411 e. The highest BCUT2D eigenvalue weighted by Gasteiger charge is 2.38. The molecule has 1 rings (SSSR count). The molecule has 0 N–H and O–H groups in total. The number of carbonyl (C=O) groups is 1. The summed E-state index contributed by atoms with van der Waals surface area (Å²) in [5, 5.41) is 0.241. The van der Waals surface area contributed by atoms with Gasteiger partial charge in [-0.15, -0.1) is 0 Å². The van der Waals surface area contributed by atoms with Crippen molar-refractivity contribution in [2.45, 2.75) is 71.2 Å². The van der Waals surface area contributed by atoms with Gasteiger partial charge in [-0.2, -0.15) is 0 Å². The maximum atomic E-state index is 10.8. The summed E-state index contributed by atoms with van der Waals surface area (Å²) in [6, 6.07) is 0. The van der Waals surface area contributed by atoms with Gasteiger partial charge in [0, 0.05) is 0 Å². The Balaban J connectivity index is 2.80. The summed E-state index contributed by atoms with van der Waals surface area (Å²) >= 11 is 0. The Bertz CT molecular complexity index is 386. The van der Waals surface area contributed by atoms with E-state index in [1.54, 1.807) is 0 Å². The molecule has 0 saturated carbocycles. The fraction of sp³-hybridized carbons (Fsp3) is 0.688. The number of aldehydes is 1. The predicted octanol–water partition coefficient (Wildman–Crippen LogP) is 4.63. The van der Waals surface area contributed by atoms with Crippen LogP contribution in [0.4, 0.5) is 0 Å². The molecule has 0 spiro atoms. The lowest BCUT2D eigenvalue weighted by Gasteiger charge is -2.38. The molecule has 1 aliphatic carbocycles. The van der Waals surface area contributed by atoms with Crippen LogP contribution in [0.1, 0.15) is 47.0 Å². The van der Waals surface area contributed by atoms with Gasteiger partial charge in [-0.05, 0) is 55.5 Å². The van der Waals surface area contributed by atoms with E-state index in [9.17, 15) is 4.79 Å². The molecule has 108 valence electrons. The van der Waals surface area contributed by atoms with E-state index in [2.05, 4.69) is 46.0 Å². The molecule has 1 unspecified atom stereocenters. The van der Waals surface area contributed by atoms with Crippen molar-refractivity contribution >= 4 is 14.6 Å². The highest BCUT2D eigenvalue weighted by Crippen LogP contribution is 2.38. The van der Waals surface area contributed by atoms with Crippen molar-refractivity contribution in [2.24, 2.45) is 0 Å². The number of hydrogen-bond acceptors (Lipinski definition) is 2. The molecule has 0 heterocycles. The fourth-order valence-corrected chi connectivity index (χ4v) is 3.26. The maximum absolute atomic E-state index is 10.8. The van der Waals surface area contributed by atoms with Crippen LogP contribution >= 0.6 is 0 Å². The second-order valence-corrected chi connectivity index (χ2v) is 11.8. The van der Waals surface area contributed by atoms with Crippen LogP contribution < -0.4 is 0 Å². The predicted molar refractivity (Wildman–Crippen MR) is 83.8 cm³/mol. The molecule has 0 aromatic heterocycles. The van der Waals surface area contributed by atoms with Crippen LogP contribution in [0.15, 0.2) is 23.3 Å². The van der Waals surface area contributed by atoms with E-state index in [-0.39, 0.29) is 11.1 Å². The summed E-state index contributed by atoms with van der Waals surface area (Å²) in [4.78, 5) is 10.8. The molecule has 2 nitrogen and oxygen atoms in total. The van der Waals surface area contributed by atoms with Crippen molar-refractivity contribution in [1.29, 1.82) is 0 Å². The van der Waals surface area contributed by atoms with Gasteiger partial charge in [0.25, 0.3) is 0 Å². The number of carbonyl (C=O) groups excluding carboxylic acids is 1. The van der Waals surface area contributed by atoms with Crippen LogP contribution in [0.25, 0.3) is 0 Å². The maximum Gasteiger partial charge on any atom is 0.192 e. The second-order valence-electron chi connectivity index (χ2n) is 6.99. The third kappa shape index (κ3) is 4.43. The highest BCUT2D eigenvalue weighted by atomic mass is 28.4. The fourth-order valence-electron chi connectivity index (χ4n) is 1.95. The zero-order valence-corrected chi connectivity index (χ0v) is 14.2. The summed E-state index contributed by atoms with van der Waals surface area (Å²) < 4.78 is 6.43. The molecule has 19 heavy (non-hydrogen) atoms. The number of rotatable bonds is 3. The topological polar surface area (TPSA) is 26.3 Å². The van der Waals surface area contributed by atoms with Gasteiger partial charge in [0.1, 0.15) is 6.29 Å². The first-order valence-corrected chi connectivity index (χ1v) is 10.1. The minimum absolute atomic E-state index is 0.206. The molecular formula is C16H28O2Si. The molecule has 0 aromatic carbocycles. The Morgan fingerprint density at radius 1 is 1.42 bits per heavy atom. The van der Waals surface area contributed by atoms with Crippen LogP contribution in [0.5, 0.6) is 0 Å². The number of hydrogen-bond donors (Lipinski definition) is 0. The number of allylic oxidation sites excluding steroid dienone is 3. The lowest BCUT2D eigenvalue weighted by molar-refractivity contribution is -0.104. The van der Waals surface area contributed by atoms with Gasteiger partial charge in [-0.25, -0.2) is 0 Å². The van der Waals surface area contributed by atoms with Crippen LogP contribution in [-0.4, -0.2) is 20.7 Å². The average Bonchev–Trinajstić information content (AvgIpc) is 2.51. The molecule has 0 aromatic rings. The Morgan fingerprint density at radius 2 is 2.05 bits per heavy atom. The van der Waals surface area contributed by atoms with E-state index in [1.165, 1.54) is 0 Å². The van der Waals surface area contributed by atoms with Crippen molar-refractivity contribution in [3.63, 3.8) is 0 Å². The van der Waals surface area contributed by atoms with E-state index in [1.807, 2.05) is 6.92 Å². The Morgan fingerprint density at radius 3 is 2.58 bits per heavy atom. The van der Waals surface area contributed by atoms with E-state index < -0.39 is 8.32 Å². The van der Waals surface area contributed by atoms with Gasteiger partial charge < -0.3 is 4.43 Å². The molecule has 0 aliphatic heterocycles. The molecule has 0 bridgehead atoms. The van der Waals surface area contributed by atoms with Crippen molar-refractivity contribution in [3.8, 4) is 0 Å². The van der Waals surface area contributed by atoms with Gasteiger partial charge >= 0.3 is 0 Å². The first kappa shape index (κ1) is 16.4. The van der Waals surface area contributed by atoms with E-state index in [4.69, 9.17) is 4.43 Å². The quantitative estimate of drug-likeness (QED) is 0.428. The van der Waals surface area contributed by atoms with Gasteiger partial charge in [0.2, 0.25) is 0 Å². The normalized spacial score (nSPS) is 24.0. The van der Waals surface area contributed by atoms with Crippen molar-refractivity contribution in [1.82, 2.24) is 0 Å². The molecule has 0 saturated heterocycles. The molecule has 3 heteroatoms. The highest BCUT2D eigenvalue weighted by molar-refractivity contribution is 6.74. The van der Waals surface area contributed by atoms with Gasteiger partial charge in [-0.1, -0.05) is 32.9 Å². The van der Waals surface area contributed by atoms with Gasteiger partial charge in [0.05, 0.1) is 6.10 Å². The van der Waals surface area contributed by atoms with Crippen LogP contribution in [-0.2, 0) is 9.22 Å². The summed E-state index contributed by atoms with van der Waals surface area (Å²) in [6.07, 6.45) is 8.53. The summed E-state index contributed by atoms with van der Waals surface area (Å²) in [5.74, 6) is 0. The zero-order valence-electron chi connectivity index (χ0n) is 13.2. The lowest BCUT2D eigenvalue weighted by atomic mass is 10.1. The van der Waals surface area contributed by atoms with Crippen molar-refractivity contribution in [3.05, 3.63) is 23.3 Å². The largest absolute Gasteiger partial charge is 0.411 e. The first-order valence-electron chi connectivity index (χ1n) is 7.18. The first-order chi connectivity index (χ1) is 8.67. The molecule has 1 atom stereocenters. The smallest absolute Gasteiger partial charge is 0.192 e. The molecular weight excluding hydrogens is 252 g/mol. The van der Waals surface area contributed by atoms with E-state index in [0.29, 0.717) is 0 Å². The van der Waals surface area contributed by atoms with Gasteiger partial charge in [0.15, 0.2) is 8.32 Å². The van der Waals surface area contributed by atoms with Crippen LogP contribution in [0.2, 0.25) is 18.1 Å². The summed E-state index contributed by atoms with van der Waals surface area (Å²) in [5.41, 5.74) is 2.01. The Hall–Kier alpha value is -0.673. The van der Waals surface area contributed by atoms with Crippen molar-refractivity contribution < 1.29 is 9.22 Å². The second kappa shape index (κ2) is 6.19. The standard InChI is InChI=1S/C16H28O2Si/c1-13(12-17)14-8-7-9-15(11-10-14)18-19(5,6)16(2,3)4/h10-12,15H,7-9H2,1-6H3/b14-13+. The monoisotopic (exact) mass is 280 g/mol. The minimum atomic E-state index is -1.71. The lowest BCUT2D eigenvalue weighted by Crippen LogP contribution is -2.43. The van der Waals surface area contributed by atoms with Crippen LogP contribution in [0.3, 0.4) is 0 Å². The molecule has 1 aliphatic rings. The summed E-state index contributed by atoms with van der Waals surface area (Å²) in [7, 11) is -1.71. The molecule has 0 fully saturated rings.